The van der Waals surface area contributed by atoms with Crippen molar-refractivity contribution in [3.05, 3.63) is 83.3 Å². The van der Waals surface area contributed by atoms with Crippen LogP contribution in [0.1, 0.15) is 61.8 Å². The Hall–Kier alpha value is -3.78. The second-order valence-corrected chi connectivity index (χ2v) is 8.96. The van der Waals surface area contributed by atoms with E-state index in [2.05, 4.69) is 11.9 Å². The van der Waals surface area contributed by atoms with Gasteiger partial charge in [-0.1, -0.05) is 43.0 Å². The molecule has 1 unspecified atom stereocenters. The first kappa shape index (κ1) is 25.8. The van der Waals surface area contributed by atoms with Gasteiger partial charge in [0.05, 0.1) is 17.5 Å². The average Bonchev–Trinajstić information content (AvgIpc) is 2.79. The van der Waals surface area contributed by atoms with Gasteiger partial charge in [0.25, 0.3) is 5.91 Å². The van der Waals surface area contributed by atoms with E-state index in [4.69, 9.17) is 16.9 Å². The van der Waals surface area contributed by atoms with E-state index in [1.165, 1.54) is 11.8 Å². The minimum Gasteiger partial charge on any atom is -0.510 e. The maximum Gasteiger partial charge on any atom is 0.273 e. The lowest BCUT2D eigenvalue weighted by molar-refractivity contribution is -0.124. The van der Waals surface area contributed by atoms with Gasteiger partial charge in [0, 0.05) is 29.4 Å². The van der Waals surface area contributed by atoms with Gasteiger partial charge in [-0.15, -0.1) is 0 Å². The first-order chi connectivity index (χ1) is 16.7. The van der Waals surface area contributed by atoms with Gasteiger partial charge >= 0.3 is 0 Å². The summed E-state index contributed by atoms with van der Waals surface area (Å²) >= 11 is 0. The molecule has 0 radical (unpaired) electrons. The zero-order valence-corrected chi connectivity index (χ0v) is 20.1. The molecule has 0 aliphatic heterocycles. The molecule has 0 aromatic heterocycles. The predicted octanol–water partition coefficient (Wildman–Crippen LogP) is 3.80. The normalized spacial score (nSPS) is 14.9. The van der Waals surface area contributed by atoms with Crippen LogP contribution in [0.15, 0.2) is 66.6 Å². The highest BCUT2D eigenvalue weighted by Gasteiger charge is 2.27. The smallest absolute Gasteiger partial charge is 0.273 e. The third-order valence-electron chi connectivity index (χ3n) is 6.23. The standard InChI is InChI=1S/C27H35N5O3/c1-17(31-23-8-4-9-23)27(35)32(25(18(2)33)21-6-3-7-22(28)16-21)15-5-10-24(34)19-11-13-20(14-12-19)26(29)30/h3,6-7,11-14,16,23-24,31,33-34H,1,4-5,8-10,15,28H2,2H3,(H3,29,30)/b25-18+. The molecule has 8 nitrogen and oxygen atoms in total. The lowest BCUT2D eigenvalue weighted by Gasteiger charge is -2.32. The van der Waals surface area contributed by atoms with E-state index in [0.29, 0.717) is 40.9 Å². The lowest BCUT2D eigenvalue weighted by atomic mass is 9.93. The maximum absolute atomic E-state index is 13.5. The van der Waals surface area contributed by atoms with Crippen molar-refractivity contribution in [1.82, 2.24) is 10.2 Å². The van der Waals surface area contributed by atoms with Crippen LogP contribution in [0, 0.1) is 5.41 Å². The molecule has 1 fully saturated rings. The van der Waals surface area contributed by atoms with Crippen LogP contribution in [0.5, 0.6) is 0 Å². The highest BCUT2D eigenvalue weighted by Crippen LogP contribution is 2.28. The summed E-state index contributed by atoms with van der Waals surface area (Å²) in [5, 5.41) is 31.9. The number of nitrogens with two attached hydrogens (primary N) is 2. The molecule has 35 heavy (non-hydrogen) atoms. The number of nitrogens with zero attached hydrogens (tertiary/aromatic N) is 1. The molecular formula is C27H35N5O3. The Kier molecular flexibility index (Phi) is 8.54. The molecule has 0 heterocycles. The second-order valence-electron chi connectivity index (χ2n) is 8.96. The quantitative estimate of drug-likeness (QED) is 0.0953. The number of rotatable bonds is 11. The summed E-state index contributed by atoms with van der Waals surface area (Å²) in [6.07, 6.45) is 3.23. The van der Waals surface area contributed by atoms with Gasteiger partial charge in [-0.05, 0) is 56.7 Å². The first-order valence-electron chi connectivity index (χ1n) is 11.8. The van der Waals surface area contributed by atoms with Crippen LogP contribution in [0.4, 0.5) is 5.69 Å². The molecule has 1 atom stereocenters. The fourth-order valence-corrected chi connectivity index (χ4v) is 4.08. The fourth-order valence-electron chi connectivity index (χ4n) is 4.08. The van der Waals surface area contributed by atoms with Gasteiger partial charge in [0.15, 0.2) is 0 Å². The number of hydrogen-bond donors (Lipinski definition) is 6. The van der Waals surface area contributed by atoms with Crippen molar-refractivity contribution in [2.24, 2.45) is 5.73 Å². The Morgan fingerprint density at radius 3 is 2.46 bits per heavy atom. The van der Waals surface area contributed by atoms with Crippen LogP contribution in [0.2, 0.25) is 0 Å². The van der Waals surface area contributed by atoms with Crippen LogP contribution >= 0.6 is 0 Å². The topological polar surface area (TPSA) is 149 Å². The van der Waals surface area contributed by atoms with E-state index in [1.54, 1.807) is 48.5 Å². The number of benzene rings is 2. The van der Waals surface area contributed by atoms with E-state index in [9.17, 15) is 15.0 Å². The van der Waals surface area contributed by atoms with E-state index >= 15 is 0 Å². The zero-order chi connectivity index (χ0) is 25.5. The highest BCUT2D eigenvalue weighted by atomic mass is 16.3. The molecule has 1 aliphatic rings. The molecule has 186 valence electrons. The highest BCUT2D eigenvalue weighted by molar-refractivity contribution is 5.98. The summed E-state index contributed by atoms with van der Waals surface area (Å²) in [6.45, 7) is 5.75. The molecule has 2 aromatic carbocycles. The lowest BCUT2D eigenvalue weighted by Crippen LogP contribution is -2.42. The Morgan fingerprint density at radius 2 is 1.91 bits per heavy atom. The summed E-state index contributed by atoms with van der Waals surface area (Å²) in [7, 11) is 0. The number of anilines is 1. The zero-order valence-electron chi connectivity index (χ0n) is 20.1. The van der Waals surface area contributed by atoms with Gasteiger partial charge in [-0.2, -0.15) is 0 Å². The number of aliphatic hydroxyl groups excluding tert-OH is 2. The van der Waals surface area contributed by atoms with Crippen LogP contribution in [0.25, 0.3) is 5.70 Å². The summed E-state index contributed by atoms with van der Waals surface area (Å²) in [4.78, 5) is 15.0. The number of amidine groups is 1. The molecule has 8 heteroatoms. The monoisotopic (exact) mass is 477 g/mol. The molecule has 2 aromatic rings. The first-order valence-corrected chi connectivity index (χ1v) is 11.8. The minimum atomic E-state index is -0.751. The SMILES string of the molecule is C=C(NC1CCC1)C(=O)N(CCCC(O)c1ccc(C(=N)N)cc1)/C(=C(\C)O)c1cccc(N)c1. The van der Waals surface area contributed by atoms with Crippen molar-refractivity contribution in [3.63, 3.8) is 0 Å². The molecule has 1 aliphatic carbocycles. The summed E-state index contributed by atoms with van der Waals surface area (Å²) in [6, 6.07) is 14.1. The number of nitrogen functional groups attached to an aromatic ring is 2. The van der Waals surface area contributed by atoms with Gasteiger partial charge in [-0.3, -0.25) is 10.2 Å². The number of aliphatic hydroxyl groups is 2. The number of carbonyl (C=O) groups is 1. The van der Waals surface area contributed by atoms with Crippen LogP contribution < -0.4 is 16.8 Å². The maximum atomic E-state index is 13.5. The fraction of sp³-hybridized carbons (Fsp3) is 0.333. The summed E-state index contributed by atoms with van der Waals surface area (Å²) in [5.41, 5.74) is 14.5. The third kappa shape index (κ3) is 6.64. The van der Waals surface area contributed by atoms with E-state index in [1.807, 2.05) is 0 Å². The number of amides is 1. The largest absolute Gasteiger partial charge is 0.510 e. The van der Waals surface area contributed by atoms with Crippen molar-refractivity contribution in [2.45, 2.75) is 51.2 Å². The summed E-state index contributed by atoms with van der Waals surface area (Å²) < 4.78 is 0. The molecule has 0 spiro atoms. The third-order valence-corrected chi connectivity index (χ3v) is 6.23. The van der Waals surface area contributed by atoms with E-state index in [0.717, 1.165) is 19.3 Å². The average molecular weight is 478 g/mol. The van der Waals surface area contributed by atoms with E-state index < -0.39 is 6.10 Å². The van der Waals surface area contributed by atoms with Crippen LogP contribution in [-0.4, -0.2) is 39.4 Å². The molecule has 1 amide bonds. The Bertz CT molecular complexity index is 1100. The molecule has 1 saturated carbocycles. The predicted molar refractivity (Wildman–Crippen MR) is 139 cm³/mol. The summed E-state index contributed by atoms with van der Waals surface area (Å²) in [5.74, 6) is -0.375. The van der Waals surface area contributed by atoms with Crippen LogP contribution in [0.3, 0.4) is 0 Å². The number of carbonyl (C=O) groups excluding carboxylic acids is 1. The number of nitrogens with one attached hydrogen (secondary N) is 2. The van der Waals surface area contributed by atoms with Crippen molar-refractivity contribution in [2.75, 3.05) is 12.3 Å². The van der Waals surface area contributed by atoms with Gasteiger partial charge < -0.3 is 31.9 Å². The Morgan fingerprint density at radius 1 is 1.23 bits per heavy atom. The Balaban J connectivity index is 1.78. The molecule has 0 saturated heterocycles. The van der Waals surface area contributed by atoms with Gasteiger partial charge in [-0.25, -0.2) is 0 Å². The van der Waals surface area contributed by atoms with Crippen molar-refractivity contribution in [1.29, 1.82) is 5.41 Å². The Labute approximate surface area is 206 Å². The molecular weight excluding hydrogens is 442 g/mol. The minimum absolute atomic E-state index is 0.0132. The molecule has 8 N–H and O–H groups in total. The van der Waals surface area contributed by atoms with E-state index in [-0.39, 0.29) is 35.8 Å². The van der Waals surface area contributed by atoms with Gasteiger partial charge in [0.2, 0.25) is 0 Å². The van der Waals surface area contributed by atoms with Crippen LogP contribution in [-0.2, 0) is 4.79 Å². The number of hydrogen-bond acceptors (Lipinski definition) is 6. The molecule has 0 bridgehead atoms. The second kappa shape index (κ2) is 11.6. The van der Waals surface area contributed by atoms with Crippen molar-refractivity contribution < 1.29 is 15.0 Å². The van der Waals surface area contributed by atoms with Gasteiger partial charge in [0.1, 0.15) is 11.6 Å². The van der Waals surface area contributed by atoms with Crippen molar-refractivity contribution >= 4 is 23.1 Å². The molecule has 3 rings (SSSR count). The number of allylic oxidation sites excluding steroid dienone is 1. The van der Waals surface area contributed by atoms with Crippen molar-refractivity contribution in [3.8, 4) is 0 Å².